The van der Waals surface area contributed by atoms with Crippen LogP contribution >= 0.6 is 11.6 Å². The first kappa shape index (κ1) is 16.1. The number of phenolic OH excluding ortho intramolecular Hbond substituents is 1. The topological polar surface area (TPSA) is 84.1 Å². The van der Waals surface area contributed by atoms with Crippen molar-refractivity contribution in [3.05, 3.63) is 47.5 Å². The van der Waals surface area contributed by atoms with Crippen LogP contribution in [0.4, 0.5) is 5.82 Å². The number of benzene rings is 2. The Morgan fingerprint density at radius 3 is 2.80 bits per heavy atom. The first-order valence-corrected chi connectivity index (χ1v) is 8.75. The van der Waals surface area contributed by atoms with Crippen molar-refractivity contribution in [2.45, 2.75) is 18.9 Å². The summed E-state index contributed by atoms with van der Waals surface area (Å²) in [6, 6.07) is 12.8. The summed E-state index contributed by atoms with van der Waals surface area (Å²) in [4.78, 5) is 9.21. The number of aromatic hydroxyl groups is 1. The van der Waals surface area contributed by atoms with E-state index in [1.165, 1.54) is 12.8 Å². The molecule has 128 valence electrons. The van der Waals surface area contributed by atoms with Crippen molar-refractivity contribution in [2.24, 2.45) is 11.7 Å². The lowest BCUT2D eigenvalue weighted by atomic mass is 10.1. The van der Waals surface area contributed by atoms with Gasteiger partial charge < -0.3 is 16.2 Å². The minimum absolute atomic E-state index is 0.0975. The van der Waals surface area contributed by atoms with E-state index in [-0.39, 0.29) is 11.8 Å². The fourth-order valence-corrected chi connectivity index (χ4v) is 3.10. The van der Waals surface area contributed by atoms with Gasteiger partial charge in [-0.15, -0.1) is 0 Å². The number of para-hydroxylation sites is 1. The van der Waals surface area contributed by atoms with Crippen LogP contribution in [0.15, 0.2) is 42.5 Å². The van der Waals surface area contributed by atoms with Crippen molar-refractivity contribution in [3.63, 3.8) is 0 Å². The van der Waals surface area contributed by atoms with Crippen molar-refractivity contribution in [3.8, 4) is 17.1 Å². The highest BCUT2D eigenvalue weighted by Gasteiger charge is 2.28. The predicted molar refractivity (Wildman–Crippen MR) is 101 cm³/mol. The number of halogens is 1. The maximum Gasteiger partial charge on any atom is 0.165 e. The smallest absolute Gasteiger partial charge is 0.165 e. The Morgan fingerprint density at radius 1 is 1.20 bits per heavy atom. The molecule has 1 aromatic heterocycles. The molecular weight excluding hydrogens is 336 g/mol. The summed E-state index contributed by atoms with van der Waals surface area (Å²) in [5.74, 6) is 1.86. The molecule has 1 atom stereocenters. The van der Waals surface area contributed by atoms with Crippen molar-refractivity contribution in [1.29, 1.82) is 0 Å². The summed E-state index contributed by atoms with van der Waals surface area (Å²) in [6.45, 7) is 0.659. The Balaban J connectivity index is 1.76. The van der Waals surface area contributed by atoms with Crippen LogP contribution in [0.3, 0.4) is 0 Å². The van der Waals surface area contributed by atoms with E-state index >= 15 is 0 Å². The van der Waals surface area contributed by atoms with Gasteiger partial charge >= 0.3 is 0 Å². The molecule has 1 unspecified atom stereocenters. The van der Waals surface area contributed by atoms with E-state index in [0.29, 0.717) is 28.9 Å². The molecule has 1 fully saturated rings. The van der Waals surface area contributed by atoms with Gasteiger partial charge in [0.15, 0.2) is 5.82 Å². The van der Waals surface area contributed by atoms with Gasteiger partial charge in [-0.05, 0) is 49.1 Å². The molecule has 1 heterocycles. The third-order valence-electron chi connectivity index (χ3n) is 4.54. The summed E-state index contributed by atoms with van der Waals surface area (Å²) in [5, 5.41) is 15.0. The zero-order chi connectivity index (χ0) is 17.4. The first-order chi connectivity index (χ1) is 12.1. The van der Waals surface area contributed by atoms with Crippen LogP contribution in [0.1, 0.15) is 12.8 Å². The molecule has 0 amide bonds. The highest BCUT2D eigenvalue weighted by molar-refractivity contribution is 6.30. The molecule has 5 nitrogen and oxygen atoms in total. The van der Waals surface area contributed by atoms with E-state index in [1.54, 1.807) is 18.2 Å². The van der Waals surface area contributed by atoms with Crippen LogP contribution in [-0.4, -0.2) is 27.7 Å². The van der Waals surface area contributed by atoms with Crippen molar-refractivity contribution < 1.29 is 5.11 Å². The average molecular weight is 355 g/mol. The van der Waals surface area contributed by atoms with Crippen LogP contribution in [0.2, 0.25) is 5.02 Å². The second-order valence-corrected chi connectivity index (χ2v) is 6.89. The SMILES string of the molecule is NC(CNc1nc(-c2cc(Cl)ccc2O)nc2ccccc12)C1CC1. The molecule has 2 aromatic carbocycles. The van der Waals surface area contributed by atoms with Gasteiger partial charge in [0, 0.05) is 23.0 Å². The van der Waals surface area contributed by atoms with Gasteiger partial charge in [0.1, 0.15) is 11.6 Å². The van der Waals surface area contributed by atoms with E-state index in [4.69, 9.17) is 17.3 Å². The largest absolute Gasteiger partial charge is 0.507 e. The van der Waals surface area contributed by atoms with E-state index in [1.807, 2.05) is 24.3 Å². The van der Waals surface area contributed by atoms with E-state index in [2.05, 4.69) is 15.3 Å². The van der Waals surface area contributed by atoms with E-state index in [9.17, 15) is 5.11 Å². The Morgan fingerprint density at radius 2 is 2.00 bits per heavy atom. The number of aromatic nitrogens is 2. The number of nitrogens with two attached hydrogens (primary N) is 1. The second-order valence-electron chi connectivity index (χ2n) is 6.46. The number of nitrogens with zero attached hydrogens (tertiary/aromatic N) is 2. The number of rotatable bonds is 5. The van der Waals surface area contributed by atoms with Crippen molar-refractivity contribution >= 4 is 28.3 Å². The van der Waals surface area contributed by atoms with Crippen LogP contribution in [-0.2, 0) is 0 Å². The highest BCUT2D eigenvalue weighted by Crippen LogP contribution is 2.33. The fourth-order valence-electron chi connectivity index (χ4n) is 2.92. The Labute approximate surface area is 150 Å². The molecule has 3 aromatic rings. The lowest BCUT2D eigenvalue weighted by molar-refractivity contribution is 0.477. The zero-order valence-electron chi connectivity index (χ0n) is 13.6. The van der Waals surface area contributed by atoms with Gasteiger partial charge in [0.25, 0.3) is 0 Å². The monoisotopic (exact) mass is 354 g/mol. The molecule has 25 heavy (non-hydrogen) atoms. The lowest BCUT2D eigenvalue weighted by Gasteiger charge is -2.15. The van der Waals surface area contributed by atoms with Crippen LogP contribution in [0.5, 0.6) is 5.75 Å². The second kappa shape index (κ2) is 6.50. The lowest BCUT2D eigenvalue weighted by Crippen LogP contribution is -2.31. The van der Waals surface area contributed by atoms with E-state index in [0.717, 1.165) is 16.7 Å². The summed E-state index contributed by atoms with van der Waals surface area (Å²) >= 11 is 6.07. The van der Waals surface area contributed by atoms with Crippen LogP contribution < -0.4 is 11.1 Å². The molecule has 0 saturated heterocycles. The molecule has 4 rings (SSSR count). The maximum atomic E-state index is 10.2. The number of phenols is 1. The highest BCUT2D eigenvalue weighted by atomic mass is 35.5. The third-order valence-corrected chi connectivity index (χ3v) is 4.77. The molecule has 1 aliphatic rings. The average Bonchev–Trinajstić information content (AvgIpc) is 3.46. The van der Waals surface area contributed by atoms with Gasteiger partial charge in [-0.3, -0.25) is 0 Å². The predicted octanol–water partition coefficient (Wildman–Crippen LogP) is 3.81. The molecule has 0 aliphatic heterocycles. The van der Waals surface area contributed by atoms with Crippen LogP contribution in [0, 0.1) is 5.92 Å². The Bertz CT molecular complexity index is 926. The standard InChI is InChI=1S/C19H19ClN4O/c20-12-7-8-17(25)14(9-12)19-23-16-4-2-1-3-13(16)18(24-19)22-10-15(21)11-5-6-11/h1-4,7-9,11,15,25H,5-6,10,21H2,(H,22,23,24). The molecule has 0 spiro atoms. The first-order valence-electron chi connectivity index (χ1n) is 8.37. The normalized spacial score (nSPS) is 15.3. The fraction of sp³-hybridized carbons (Fsp3) is 0.263. The van der Waals surface area contributed by atoms with Crippen molar-refractivity contribution in [1.82, 2.24) is 9.97 Å². The third kappa shape index (κ3) is 3.38. The molecule has 0 bridgehead atoms. The molecular formula is C19H19ClN4O. The van der Waals surface area contributed by atoms with Gasteiger partial charge in [0.05, 0.1) is 11.1 Å². The minimum atomic E-state index is 0.0975. The van der Waals surface area contributed by atoms with Gasteiger partial charge in [-0.2, -0.15) is 0 Å². The Hall–Kier alpha value is -2.37. The van der Waals surface area contributed by atoms with Gasteiger partial charge in [0.2, 0.25) is 0 Å². The van der Waals surface area contributed by atoms with Gasteiger partial charge in [-0.25, -0.2) is 9.97 Å². The molecule has 6 heteroatoms. The summed E-state index contributed by atoms with van der Waals surface area (Å²) < 4.78 is 0. The number of anilines is 1. The van der Waals surface area contributed by atoms with E-state index < -0.39 is 0 Å². The summed E-state index contributed by atoms with van der Waals surface area (Å²) in [7, 11) is 0. The molecule has 1 aliphatic carbocycles. The molecule has 1 saturated carbocycles. The van der Waals surface area contributed by atoms with Crippen molar-refractivity contribution in [2.75, 3.05) is 11.9 Å². The Kier molecular flexibility index (Phi) is 4.19. The number of nitrogens with one attached hydrogen (secondary N) is 1. The molecule has 4 N–H and O–H groups in total. The number of fused-ring (bicyclic) bond motifs is 1. The number of hydrogen-bond acceptors (Lipinski definition) is 5. The number of hydrogen-bond donors (Lipinski definition) is 3. The summed E-state index contributed by atoms with van der Waals surface area (Å²) in [5.41, 5.74) is 7.51. The quantitative estimate of drug-likeness (QED) is 0.649. The summed E-state index contributed by atoms with van der Waals surface area (Å²) in [6.07, 6.45) is 2.41. The zero-order valence-corrected chi connectivity index (χ0v) is 14.4. The maximum absolute atomic E-state index is 10.2. The van der Waals surface area contributed by atoms with Crippen LogP contribution in [0.25, 0.3) is 22.3 Å². The minimum Gasteiger partial charge on any atom is -0.507 e. The van der Waals surface area contributed by atoms with Gasteiger partial charge in [-0.1, -0.05) is 23.7 Å². The molecule has 0 radical (unpaired) electrons.